The number of rotatable bonds is 4. The van der Waals surface area contributed by atoms with Gasteiger partial charge >= 0.3 is 0 Å². The number of aliphatic hydroxyl groups excluding tert-OH is 1. The number of carbonyl (C=O) groups excluding carboxylic acids is 2. The minimum absolute atomic E-state index is 0.192. The standard InChI is InChI=1S/C13H15FN2O5S/c14-9-3-1-8(2-4-9)13(19)15-5-12(18)16-10-6-22(20,21)7-11(10)17/h1-4,10-11,17H,5-7H2,(H,15,19)(H,16,18)/t10-,11-/m1/s1. The van der Waals surface area contributed by atoms with Crippen LogP contribution < -0.4 is 10.6 Å². The first-order valence-electron chi connectivity index (χ1n) is 6.48. The van der Waals surface area contributed by atoms with Crippen LogP contribution >= 0.6 is 0 Å². The van der Waals surface area contributed by atoms with Gasteiger partial charge in [-0.05, 0) is 24.3 Å². The molecule has 3 N–H and O–H groups in total. The fourth-order valence-electron chi connectivity index (χ4n) is 2.09. The van der Waals surface area contributed by atoms with Gasteiger partial charge in [-0.15, -0.1) is 0 Å². The first-order chi connectivity index (χ1) is 10.3. The molecular weight excluding hydrogens is 315 g/mol. The molecule has 120 valence electrons. The third kappa shape index (κ3) is 4.25. The zero-order valence-corrected chi connectivity index (χ0v) is 12.3. The molecule has 7 nitrogen and oxygen atoms in total. The summed E-state index contributed by atoms with van der Waals surface area (Å²) in [6.45, 7) is -0.376. The predicted octanol–water partition coefficient (Wildman–Crippen LogP) is -1.17. The largest absolute Gasteiger partial charge is 0.390 e. The van der Waals surface area contributed by atoms with Crippen molar-refractivity contribution in [3.8, 4) is 0 Å². The maximum Gasteiger partial charge on any atom is 0.251 e. The van der Waals surface area contributed by atoms with Crippen LogP contribution in [0, 0.1) is 5.82 Å². The quantitative estimate of drug-likeness (QED) is 0.644. The Labute approximate surface area is 126 Å². The highest BCUT2D eigenvalue weighted by atomic mass is 32.2. The molecule has 0 aromatic heterocycles. The fraction of sp³-hybridized carbons (Fsp3) is 0.385. The number of sulfone groups is 1. The van der Waals surface area contributed by atoms with E-state index in [-0.39, 0.29) is 23.6 Å². The van der Waals surface area contributed by atoms with E-state index >= 15 is 0 Å². The Balaban J connectivity index is 1.83. The number of halogens is 1. The van der Waals surface area contributed by atoms with Crippen LogP contribution in [0.1, 0.15) is 10.4 Å². The Kier molecular flexibility index (Phi) is 4.77. The van der Waals surface area contributed by atoms with E-state index in [1.165, 1.54) is 12.1 Å². The van der Waals surface area contributed by atoms with Crippen LogP contribution in [0.25, 0.3) is 0 Å². The molecule has 0 radical (unpaired) electrons. The van der Waals surface area contributed by atoms with Crippen molar-refractivity contribution in [2.45, 2.75) is 12.1 Å². The lowest BCUT2D eigenvalue weighted by molar-refractivity contribution is -0.121. The summed E-state index contributed by atoms with van der Waals surface area (Å²) in [5, 5.41) is 14.2. The van der Waals surface area contributed by atoms with Crippen LogP contribution in [-0.4, -0.2) is 55.5 Å². The first kappa shape index (κ1) is 16.4. The zero-order chi connectivity index (χ0) is 16.3. The molecular formula is C13H15FN2O5S. The van der Waals surface area contributed by atoms with Crippen molar-refractivity contribution < 1.29 is 27.5 Å². The Morgan fingerprint density at radius 1 is 1.23 bits per heavy atom. The number of carbonyl (C=O) groups is 2. The minimum atomic E-state index is -3.36. The van der Waals surface area contributed by atoms with Gasteiger partial charge < -0.3 is 15.7 Å². The number of benzene rings is 1. The van der Waals surface area contributed by atoms with Gasteiger partial charge in [0.15, 0.2) is 9.84 Å². The van der Waals surface area contributed by atoms with Gasteiger partial charge in [0.05, 0.1) is 30.2 Å². The fourth-order valence-corrected chi connectivity index (χ4v) is 3.83. The topological polar surface area (TPSA) is 113 Å². The Morgan fingerprint density at radius 2 is 1.86 bits per heavy atom. The summed E-state index contributed by atoms with van der Waals surface area (Å²) in [7, 11) is -3.36. The van der Waals surface area contributed by atoms with E-state index in [1.54, 1.807) is 0 Å². The summed E-state index contributed by atoms with van der Waals surface area (Å²) in [5.74, 6) is -2.37. The molecule has 0 aliphatic carbocycles. The molecule has 1 fully saturated rings. The molecule has 1 aromatic rings. The molecule has 0 spiro atoms. The lowest BCUT2D eigenvalue weighted by Crippen LogP contribution is -2.46. The van der Waals surface area contributed by atoms with Crippen molar-refractivity contribution in [1.29, 1.82) is 0 Å². The Bertz CT molecular complexity index is 674. The molecule has 1 aromatic carbocycles. The highest BCUT2D eigenvalue weighted by molar-refractivity contribution is 7.91. The maximum atomic E-state index is 12.7. The molecule has 2 atom stereocenters. The molecule has 22 heavy (non-hydrogen) atoms. The molecule has 0 saturated carbocycles. The average molecular weight is 330 g/mol. The first-order valence-corrected chi connectivity index (χ1v) is 8.30. The van der Waals surface area contributed by atoms with Crippen molar-refractivity contribution in [3.05, 3.63) is 35.6 Å². The van der Waals surface area contributed by atoms with E-state index in [0.29, 0.717) is 0 Å². The number of nitrogens with one attached hydrogen (secondary N) is 2. The average Bonchev–Trinajstić information content (AvgIpc) is 2.69. The van der Waals surface area contributed by atoms with Crippen molar-refractivity contribution >= 4 is 21.7 Å². The van der Waals surface area contributed by atoms with Gasteiger partial charge in [-0.1, -0.05) is 0 Å². The normalized spacial score (nSPS) is 23.0. The summed E-state index contributed by atoms with van der Waals surface area (Å²) in [4.78, 5) is 23.4. The van der Waals surface area contributed by atoms with E-state index in [9.17, 15) is 27.5 Å². The molecule has 1 heterocycles. The molecule has 9 heteroatoms. The second kappa shape index (κ2) is 6.41. The van der Waals surface area contributed by atoms with Gasteiger partial charge in [0.2, 0.25) is 5.91 Å². The summed E-state index contributed by atoms with van der Waals surface area (Å²) in [6, 6.07) is 3.91. The molecule has 1 aliphatic rings. The van der Waals surface area contributed by atoms with Gasteiger partial charge in [-0.25, -0.2) is 12.8 Å². The molecule has 2 rings (SSSR count). The number of aliphatic hydroxyl groups is 1. The molecule has 2 amide bonds. The van der Waals surface area contributed by atoms with Gasteiger partial charge in [0.1, 0.15) is 5.82 Å². The second-order valence-electron chi connectivity index (χ2n) is 5.01. The van der Waals surface area contributed by atoms with Crippen LogP contribution in [0.4, 0.5) is 4.39 Å². The van der Waals surface area contributed by atoms with Gasteiger partial charge in [-0.2, -0.15) is 0 Å². The highest BCUT2D eigenvalue weighted by Gasteiger charge is 2.37. The predicted molar refractivity (Wildman–Crippen MR) is 75.3 cm³/mol. The Hall–Kier alpha value is -2.00. The molecule has 0 unspecified atom stereocenters. The summed E-state index contributed by atoms with van der Waals surface area (Å²) in [5.41, 5.74) is 0.192. The third-order valence-corrected chi connectivity index (χ3v) is 4.90. The van der Waals surface area contributed by atoms with Crippen LogP contribution in [0.3, 0.4) is 0 Å². The van der Waals surface area contributed by atoms with E-state index in [0.717, 1.165) is 12.1 Å². The van der Waals surface area contributed by atoms with Crippen LogP contribution in [0.15, 0.2) is 24.3 Å². The van der Waals surface area contributed by atoms with Crippen molar-refractivity contribution in [3.63, 3.8) is 0 Å². The summed E-state index contributed by atoms with van der Waals surface area (Å²) in [6.07, 6.45) is -1.15. The zero-order valence-electron chi connectivity index (χ0n) is 11.5. The van der Waals surface area contributed by atoms with Crippen LogP contribution in [-0.2, 0) is 14.6 Å². The van der Waals surface area contributed by atoms with Crippen molar-refractivity contribution in [2.75, 3.05) is 18.1 Å². The summed E-state index contributed by atoms with van der Waals surface area (Å²) < 4.78 is 35.3. The number of hydrogen-bond donors (Lipinski definition) is 3. The van der Waals surface area contributed by atoms with Gasteiger partial charge in [0.25, 0.3) is 5.91 Å². The van der Waals surface area contributed by atoms with E-state index in [1.807, 2.05) is 0 Å². The number of amides is 2. The lowest BCUT2D eigenvalue weighted by Gasteiger charge is -2.15. The van der Waals surface area contributed by atoms with Gasteiger partial charge in [0, 0.05) is 5.56 Å². The molecule has 1 aliphatic heterocycles. The number of hydrogen-bond acceptors (Lipinski definition) is 5. The molecule has 1 saturated heterocycles. The van der Waals surface area contributed by atoms with Crippen LogP contribution in [0.5, 0.6) is 0 Å². The van der Waals surface area contributed by atoms with Gasteiger partial charge in [-0.3, -0.25) is 9.59 Å². The monoisotopic (exact) mass is 330 g/mol. The van der Waals surface area contributed by atoms with E-state index < -0.39 is 39.6 Å². The minimum Gasteiger partial charge on any atom is -0.390 e. The highest BCUT2D eigenvalue weighted by Crippen LogP contribution is 2.12. The lowest BCUT2D eigenvalue weighted by atomic mass is 10.2. The van der Waals surface area contributed by atoms with E-state index in [2.05, 4.69) is 10.6 Å². The summed E-state index contributed by atoms with van der Waals surface area (Å²) >= 11 is 0. The van der Waals surface area contributed by atoms with E-state index in [4.69, 9.17) is 0 Å². The SMILES string of the molecule is O=C(CNC(=O)c1ccc(F)cc1)N[C@@H]1CS(=O)(=O)C[C@H]1O. The smallest absolute Gasteiger partial charge is 0.251 e. The molecule has 0 bridgehead atoms. The van der Waals surface area contributed by atoms with Crippen molar-refractivity contribution in [1.82, 2.24) is 10.6 Å². The third-order valence-electron chi connectivity index (χ3n) is 3.18. The van der Waals surface area contributed by atoms with Crippen LogP contribution in [0.2, 0.25) is 0 Å². The second-order valence-corrected chi connectivity index (χ2v) is 7.16. The Morgan fingerprint density at radius 3 is 2.41 bits per heavy atom. The van der Waals surface area contributed by atoms with Crippen molar-refractivity contribution in [2.24, 2.45) is 0 Å². The maximum absolute atomic E-state index is 12.7.